The van der Waals surface area contributed by atoms with E-state index in [9.17, 15) is 5.26 Å². The van der Waals surface area contributed by atoms with Gasteiger partial charge in [-0.25, -0.2) is 4.98 Å². The highest BCUT2D eigenvalue weighted by atomic mass is 16.5. The minimum Gasteiger partial charge on any atom is -0.379 e. The molecule has 1 aromatic heterocycles. The Labute approximate surface area is 125 Å². The second-order valence-electron chi connectivity index (χ2n) is 5.24. The Morgan fingerprint density at radius 3 is 2.86 bits per heavy atom. The van der Waals surface area contributed by atoms with Gasteiger partial charge in [0, 0.05) is 18.5 Å². The number of pyridine rings is 1. The predicted octanol–water partition coefficient (Wildman–Crippen LogP) is 3.72. The number of hydrogen-bond donors (Lipinski definition) is 1. The van der Waals surface area contributed by atoms with Gasteiger partial charge in [-0.3, -0.25) is 0 Å². The Bertz CT molecular complexity index is 631. The molecule has 2 aromatic rings. The van der Waals surface area contributed by atoms with Crippen LogP contribution in [0.5, 0.6) is 0 Å². The first-order valence-electron chi connectivity index (χ1n) is 7.36. The molecule has 0 amide bonds. The Morgan fingerprint density at radius 2 is 2.10 bits per heavy atom. The fourth-order valence-corrected chi connectivity index (χ4v) is 2.09. The van der Waals surface area contributed by atoms with E-state index in [0.717, 1.165) is 36.9 Å². The van der Waals surface area contributed by atoms with Crippen LogP contribution >= 0.6 is 0 Å². The van der Waals surface area contributed by atoms with Crippen LogP contribution in [0, 0.1) is 11.3 Å². The number of hydrogen-bond acceptors (Lipinski definition) is 4. The van der Waals surface area contributed by atoms with Crippen molar-refractivity contribution in [2.45, 2.75) is 32.8 Å². The van der Waals surface area contributed by atoms with Crippen molar-refractivity contribution < 1.29 is 4.74 Å². The zero-order valence-electron chi connectivity index (χ0n) is 12.6. The van der Waals surface area contributed by atoms with E-state index in [1.54, 1.807) is 0 Å². The molecular formula is C17H21N3O. The van der Waals surface area contributed by atoms with Gasteiger partial charge in [0.1, 0.15) is 11.9 Å². The summed E-state index contributed by atoms with van der Waals surface area (Å²) in [5.41, 5.74) is 1.49. The van der Waals surface area contributed by atoms with Crippen molar-refractivity contribution in [3.63, 3.8) is 0 Å². The van der Waals surface area contributed by atoms with E-state index in [-0.39, 0.29) is 6.10 Å². The number of ether oxygens (including phenoxy) is 1. The van der Waals surface area contributed by atoms with E-state index in [4.69, 9.17) is 4.74 Å². The molecule has 0 aliphatic heterocycles. The van der Waals surface area contributed by atoms with Gasteiger partial charge in [0.15, 0.2) is 0 Å². The molecule has 2 rings (SSSR count). The summed E-state index contributed by atoms with van der Waals surface area (Å²) in [5, 5.41) is 13.5. The summed E-state index contributed by atoms with van der Waals surface area (Å²) >= 11 is 0. The highest BCUT2D eigenvalue weighted by Gasteiger charge is 2.05. The maximum Gasteiger partial charge on any atom is 0.144 e. The molecule has 0 aliphatic carbocycles. The summed E-state index contributed by atoms with van der Waals surface area (Å²) in [6, 6.07) is 11.9. The molecule has 0 spiro atoms. The minimum absolute atomic E-state index is 0.283. The van der Waals surface area contributed by atoms with Gasteiger partial charge in [-0.1, -0.05) is 18.2 Å². The van der Waals surface area contributed by atoms with Crippen molar-refractivity contribution in [1.82, 2.24) is 4.98 Å². The Balaban J connectivity index is 1.93. The maximum atomic E-state index is 9.23. The summed E-state index contributed by atoms with van der Waals surface area (Å²) < 4.78 is 5.50. The molecule has 0 saturated heterocycles. The van der Waals surface area contributed by atoms with Crippen molar-refractivity contribution in [3.05, 3.63) is 35.9 Å². The van der Waals surface area contributed by atoms with Gasteiger partial charge < -0.3 is 10.1 Å². The Hall–Kier alpha value is -2.12. The van der Waals surface area contributed by atoms with Crippen LogP contribution in [0.1, 0.15) is 32.3 Å². The average Bonchev–Trinajstić information content (AvgIpc) is 2.49. The van der Waals surface area contributed by atoms with Crippen LogP contribution < -0.4 is 5.32 Å². The number of para-hydroxylation sites is 1. The third-order valence-electron chi connectivity index (χ3n) is 3.16. The summed E-state index contributed by atoms with van der Waals surface area (Å²) in [5.74, 6) is 0.668. The largest absolute Gasteiger partial charge is 0.379 e. The molecule has 0 aliphatic rings. The number of anilines is 1. The number of nitrogens with one attached hydrogen (secondary N) is 1. The van der Waals surface area contributed by atoms with Crippen LogP contribution in [0.4, 0.5) is 5.82 Å². The average molecular weight is 283 g/mol. The normalized spacial score (nSPS) is 10.8. The van der Waals surface area contributed by atoms with Crippen molar-refractivity contribution in [1.29, 1.82) is 5.26 Å². The number of benzene rings is 1. The quantitative estimate of drug-likeness (QED) is 0.787. The van der Waals surface area contributed by atoms with E-state index < -0.39 is 0 Å². The number of nitriles is 1. The predicted molar refractivity (Wildman–Crippen MR) is 85.3 cm³/mol. The molecule has 110 valence electrons. The van der Waals surface area contributed by atoms with Crippen molar-refractivity contribution in [3.8, 4) is 6.07 Å². The molecule has 1 heterocycles. The molecule has 0 fully saturated rings. The molecule has 4 nitrogen and oxygen atoms in total. The number of rotatable bonds is 7. The van der Waals surface area contributed by atoms with Gasteiger partial charge >= 0.3 is 0 Å². The second kappa shape index (κ2) is 7.61. The molecule has 0 atom stereocenters. The molecular weight excluding hydrogens is 262 g/mol. The number of fused-ring (bicyclic) bond motifs is 1. The van der Waals surface area contributed by atoms with E-state index in [1.807, 2.05) is 44.2 Å². The maximum absolute atomic E-state index is 9.23. The second-order valence-corrected chi connectivity index (χ2v) is 5.24. The van der Waals surface area contributed by atoms with Gasteiger partial charge in [-0.05, 0) is 38.8 Å². The number of nitrogens with zero attached hydrogens (tertiary/aromatic N) is 2. The van der Waals surface area contributed by atoms with Crippen LogP contribution in [0.25, 0.3) is 10.9 Å². The standard InChI is InChI=1S/C17H21N3O/c1-13(2)21-10-6-5-9-19-17-15(12-18)11-14-7-3-4-8-16(14)20-17/h3-4,7-8,11,13H,5-6,9-10H2,1-2H3,(H,19,20). The van der Waals surface area contributed by atoms with Crippen molar-refractivity contribution >= 4 is 16.7 Å². The van der Waals surface area contributed by atoms with E-state index in [2.05, 4.69) is 16.4 Å². The summed E-state index contributed by atoms with van der Waals surface area (Å²) in [6.45, 7) is 5.64. The van der Waals surface area contributed by atoms with Crippen molar-refractivity contribution in [2.75, 3.05) is 18.5 Å². The molecule has 4 heteroatoms. The lowest BCUT2D eigenvalue weighted by atomic mass is 10.1. The van der Waals surface area contributed by atoms with Gasteiger partial charge in [0.05, 0.1) is 17.2 Å². The van der Waals surface area contributed by atoms with Crippen LogP contribution in [-0.4, -0.2) is 24.2 Å². The molecule has 1 aromatic carbocycles. The lowest BCUT2D eigenvalue weighted by Crippen LogP contribution is -2.08. The zero-order valence-corrected chi connectivity index (χ0v) is 12.6. The van der Waals surface area contributed by atoms with Gasteiger partial charge in [-0.2, -0.15) is 5.26 Å². The summed E-state index contributed by atoms with van der Waals surface area (Å²) in [6.07, 6.45) is 2.28. The molecule has 0 unspecified atom stereocenters. The van der Waals surface area contributed by atoms with Crippen molar-refractivity contribution in [2.24, 2.45) is 0 Å². The first-order chi connectivity index (χ1) is 10.2. The monoisotopic (exact) mass is 283 g/mol. The summed E-state index contributed by atoms with van der Waals surface area (Å²) in [7, 11) is 0. The lowest BCUT2D eigenvalue weighted by molar-refractivity contribution is 0.0765. The van der Waals surface area contributed by atoms with Gasteiger partial charge in [0.25, 0.3) is 0 Å². The van der Waals surface area contributed by atoms with Gasteiger partial charge in [-0.15, -0.1) is 0 Å². The minimum atomic E-state index is 0.283. The van der Waals surface area contributed by atoms with Crippen LogP contribution in [0.3, 0.4) is 0 Å². The first kappa shape index (κ1) is 15.3. The summed E-state index contributed by atoms with van der Waals surface area (Å²) in [4.78, 5) is 4.53. The van der Waals surface area contributed by atoms with E-state index in [1.165, 1.54) is 0 Å². The fraction of sp³-hybridized carbons (Fsp3) is 0.412. The van der Waals surface area contributed by atoms with Crippen LogP contribution in [0.15, 0.2) is 30.3 Å². The smallest absolute Gasteiger partial charge is 0.144 e. The molecule has 0 radical (unpaired) electrons. The van der Waals surface area contributed by atoms with E-state index >= 15 is 0 Å². The fourth-order valence-electron chi connectivity index (χ4n) is 2.09. The van der Waals surface area contributed by atoms with Gasteiger partial charge in [0.2, 0.25) is 0 Å². The highest BCUT2D eigenvalue weighted by Crippen LogP contribution is 2.19. The first-order valence-corrected chi connectivity index (χ1v) is 7.36. The third-order valence-corrected chi connectivity index (χ3v) is 3.16. The third kappa shape index (κ3) is 4.44. The van der Waals surface area contributed by atoms with Crippen LogP contribution in [0.2, 0.25) is 0 Å². The van der Waals surface area contributed by atoms with E-state index in [0.29, 0.717) is 11.4 Å². The Kier molecular flexibility index (Phi) is 5.53. The SMILES string of the molecule is CC(C)OCCCCNc1nc2ccccc2cc1C#N. The lowest BCUT2D eigenvalue weighted by Gasteiger charge is -2.10. The Morgan fingerprint density at radius 1 is 1.29 bits per heavy atom. The zero-order chi connectivity index (χ0) is 15.1. The number of unbranched alkanes of at least 4 members (excludes halogenated alkanes) is 1. The molecule has 1 N–H and O–H groups in total. The van der Waals surface area contributed by atoms with Crippen LogP contribution in [-0.2, 0) is 4.74 Å². The topological polar surface area (TPSA) is 57.9 Å². The molecule has 21 heavy (non-hydrogen) atoms. The molecule has 0 saturated carbocycles. The highest BCUT2D eigenvalue weighted by molar-refractivity contribution is 5.82. The molecule has 0 bridgehead atoms. The number of aromatic nitrogens is 1.